The number of methoxy groups -OCH3 is 1. The van der Waals surface area contributed by atoms with Gasteiger partial charge in [0.1, 0.15) is 37.1 Å². The molecule has 0 aromatic heterocycles. The van der Waals surface area contributed by atoms with Crippen LogP contribution in [0.1, 0.15) is 136 Å². The van der Waals surface area contributed by atoms with Crippen LogP contribution in [0.3, 0.4) is 0 Å². The lowest BCUT2D eigenvalue weighted by molar-refractivity contribution is -0.377. The Bertz CT molecular complexity index is 5170. The van der Waals surface area contributed by atoms with Gasteiger partial charge in [-0.1, -0.05) is 325 Å². The summed E-state index contributed by atoms with van der Waals surface area (Å²) >= 11 is 0. The molecule has 6 fully saturated rings. The summed E-state index contributed by atoms with van der Waals surface area (Å²) in [5.41, 5.74) is 7.06. The SMILES string of the molecule is COC(=O)C1O[C@@H](O[C@@H]2C(COCc3ccccc3)O[C@@H](O[C@@H]3C(COCc4ccccc4)O[C@H](O[C@H]4C(COCc5ccccc5)O[C@H](OCCN(Cc5ccccc5)C(=O)OCc5ccccc5)C(C)[C@H]4C)C(C)[C@H]3C)C(OC(=O)c3ccccc3)[C@H]2C)C(OC(=O)c2ccccc2)[C@@H](C)[C@@H]1O[C@H]1OC(COCc2ccccc2)[C@H](O[C@H]2OC(COCc3ccccc3)[C@@H](C)[C@H](C)C2C)[C@H](C)C1C. The van der Waals surface area contributed by atoms with E-state index in [0.717, 1.165) is 38.9 Å². The Kier molecular flexibility index (Phi) is 38.6. The van der Waals surface area contributed by atoms with Gasteiger partial charge in [0.25, 0.3) is 0 Å². The van der Waals surface area contributed by atoms with Gasteiger partial charge in [-0.15, -0.1) is 0 Å². The quantitative estimate of drug-likeness (QED) is 0.0254. The Morgan fingerprint density at radius 3 is 0.921 bits per heavy atom. The molecule has 1 amide bonds. The summed E-state index contributed by atoms with van der Waals surface area (Å²) in [7, 11) is 1.26. The van der Waals surface area contributed by atoms with Gasteiger partial charge in [0.2, 0.25) is 0 Å². The van der Waals surface area contributed by atoms with Gasteiger partial charge in [0.15, 0.2) is 56.1 Å². The fourth-order valence-electron chi connectivity index (χ4n) is 19.4. The maximum atomic E-state index is 15.2. The summed E-state index contributed by atoms with van der Waals surface area (Å²) in [5.74, 6) is -5.88. The van der Waals surface area contributed by atoms with Gasteiger partial charge < -0.3 is 104 Å². The van der Waals surface area contributed by atoms with E-state index >= 15 is 14.4 Å². The number of nitrogens with zero attached hydrogens (tertiary/aromatic N) is 1. The van der Waals surface area contributed by atoms with Crippen LogP contribution < -0.4 is 0 Å². The largest absolute Gasteiger partial charge is 0.467 e. The molecular formula is C114H139NO25. The minimum atomic E-state index is -1.61. The summed E-state index contributed by atoms with van der Waals surface area (Å²) in [6.45, 7) is 25.2. The summed E-state index contributed by atoms with van der Waals surface area (Å²) in [6, 6.07) is 85.9. The molecule has 140 heavy (non-hydrogen) atoms. The predicted octanol–water partition coefficient (Wildman–Crippen LogP) is 18.8. The number of ether oxygens (including phenoxy) is 21. The number of carbonyl (C=O) groups excluding carboxylic acids is 4. The van der Waals surface area contributed by atoms with Gasteiger partial charge in [0.05, 0.1) is 121 Å². The molecule has 0 bridgehead atoms. The smallest absolute Gasteiger partial charge is 0.410 e. The topological polar surface area (TPSA) is 265 Å². The first kappa shape index (κ1) is 104. The van der Waals surface area contributed by atoms with Gasteiger partial charge in [-0.05, 0) is 92.8 Å². The van der Waals surface area contributed by atoms with Crippen LogP contribution in [0.5, 0.6) is 0 Å². The molecule has 9 aromatic carbocycles. The first-order valence-electron chi connectivity index (χ1n) is 49.6. The molecule has 30 atom stereocenters. The number of carbonyl (C=O) groups is 4. The van der Waals surface area contributed by atoms with Crippen LogP contribution in [0.25, 0.3) is 0 Å². The molecule has 26 heteroatoms. The maximum Gasteiger partial charge on any atom is 0.410 e. The third kappa shape index (κ3) is 27.7. The zero-order valence-corrected chi connectivity index (χ0v) is 82.4. The van der Waals surface area contributed by atoms with E-state index in [9.17, 15) is 4.79 Å². The molecule has 6 aliphatic rings. The van der Waals surface area contributed by atoms with Crippen LogP contribution in [0.2, 0.25) is 0 Å². The maximum absolute atomic E-state index is 15.2. The Balaban J connectivity index is 0.714. The Morgan fingerprint density at radius 1 is 0.271 bits per heavy atom. The van der Waals surface area contributed by atoms with Crippen LogP contribution in [0.4, 0.5) is 4.79 Å². The van der Waals surface area contributed by atoms with Crippen molar-refractivity contribution < 1.29 is 119 Å². The van der Waals surface area contributed by atoms with E-state index in [-0.39, 0.29) is 119 Å². The zero-order chi connectivity index (χ0) is 98.0. The zero-order valence-electron chi connectivity index (χ0n) is 82.4. The van der Waals surface area contributed by atoms with E-state index in [4.69, 9.17) is 99.5 Å². The molecule has 12 unspecified atom stereocenters. The molecule has 750 valence electrons. The molecule has 6 aliphatic heterocycles. The average molecular weight is 1920 g/mol. The number of hydrogen-bond acceptors (Lipinski definition) is 25. The Morgan fingerprint density at radius 2 is 0.550 bits per heavy atom. The lowest BCUT2D eigenvalue weighted by Gasteiger charge is -2.52. The summed E-state index contributed by atoms with van der Waals surface area (Å²) < 4.78 is 145. The molecule has 6 saturated heterocycles. The molecule has 0 radical (unpaired) electrons. The summed E-state index contributed by atoms with van der Waals surface area (Å²) in [6.07, 6.45) is -19.4. The van der Waals surface area contributed by atoms with Crippen molar-refractivity contribution in [1.82, 2.24) is 4.90 Å². The minimum absolute atomic E-state index is 0.00642. The molecule has 0 N–H and O–H groups in total. The molecule has 26 nitrogen and oxygen atoms in total. The fraction of sp³-hybridized carbons (Fsp3) is 0.491. The van der Waals surface area contributed by atoms with Crippen LogP contribution in [0.15, 0.2) is 273 Å². The van der Waals surface area contributed by atoms with Gasteiger partial charge in [-0.2, -0.15) is 0 Å². The predicted molar refractivity (Wildman–Crippen MR) is 520 cm³/mol. The third-order valence-corrected chi connectivity index (χ3v) is 28.9. The first-order valence-corrected chi connectivity index (χ1v) is 49.6. The van der Waals surface area contributed by atoms with E-state index in [0.29, 0.717) is 26.4 Å². The molecule has 0 saturated carbocycles. The Labute approximate surface area is 824 Å². The van der Waals surface area contributed by atoms with E-state index in [2.05, 4.69) is 55.4 Å². The van der Waals surface area contributed by atoms with Crippen LogP contribution in [0, 0.1) is 65.1 Å². The van der Waals surface area contributed by atoms with Crippen molar-refractivity contribution in [1.29, 1.82) is 0 Å². The molecule has 0 aliphatic carbocycles. The highest BCUT2D eigenvalue weighted by Crippen LogP contribution is 2.47. The molecule has 0 spiro atoms. The second-order valence-electron chi connectivity index (χ2n) is 38.4. The number of amides is 1. The number of benzene rings is 9. The normalized spacial score (nSPS) is 31.2. The monoisotopic (exact) mass is 1920 g/mol. The number of esters is 3. The lowest BCUT2D eigenvalue weighted by atomic mass is 9.78. The van der Waals surface area contributed by atoms with Crippen LogP contribution in [-0.4, -0.2) is 199 Å². The third-order valence-electron chi connectivity index (χ3n) is 28.9. The first-order chi connectivity index (χ1) is 68.1. The Hall–Kier alpha value is -10.0. The highest BCUT2D eigenvalue weighted by Gasteiger charge is 2.59. The van der Waals surface area contributed by atoms with Crippen molar-refractivity contribution in [2.24, 2.45) is 65.1 Å². The van der Waals surface area contributed by atoms with Gasteiger partial charge in [-0.3, -0.25) is 0 Å². The molecule has 9 aromatic rings. The van der Waals surface area contributed by atoms with Crippen molar-refractivity contribution in [2.75, 3.05) is 53.3 Å². The van der Waals surface area contributed by atoms with Crippen molar-refractivity contribution in [3.8, 4) is 0 Å². The van der Waals surface area contributed by atoms with E-state index < -0.39 is 165 Å². The van der Waals surface area contributed by atoms with Gasteiger partial charge in [0, 0.05) is 48.6 Å². The van der Waals surface area contributed by atoms with E-state index in [1.165, 1.54) is 7.11 Å². The second kappa shape index (κ2) is 51.8. The van der Waals surface area contributed by atoms with Crippen molar-refractivity contribution in [3.05, 3.63) is 323 Å². The van der Waals surface area contributed by atoms with Gasteiger partial charge in [-0.25, -0.2) is 19.2 Å². The van der Waals surface area contributed by atoms with Crippen LogP contribution in [-0.2, 0) is 150 Å². The van der Waals surface area contributed by atoms with E-state index in [1.807, 2.05) is 233 Å². The number of rotatable bonds is 43. The standard InChI is InChI=1S/C114H139NO25/c1-72-73(2)92(67-121-61-84-42-24-14-25-43-84)128-109(77(72)6)135-98-75(4)80(9)111(131-94(98)69-123-63-86-46-28-16-29-47-86)139-101-82(11)103(134-106(117)91-56-38-21-39-57-91)113(140-104(101)107(118)120-12)138-100-81(10)102(133-105(116)90-54-36-20-37-55-90)112(132-96(100)71-125-65-88-50-32-18-33-51-88)137-99-76(5)79(8)110(130-95(99)70-124-64-87-48-30-17-31-49-87)136-97-74(3)78(7)108(129-93(97)68-122-62-85-44-26-15-27-45-85)126-59-58-115(60-83-40-22-13-23-41-83)114(119)127-66-89-52-34-19-35-53-89/h13-57,72-82,92-104,108-113H,58-71H2,1-12H3/t72-,73-,74+,75+,76+,77?,78?,79?,80?,81-,82-,92?,93?,94?,95?,96?,97+,98+,99-,100-,101-,102?,103?,104?,108-,109+,110+,111+,112-,113+/m0/s1. The minimum Gasteiger partial charge on any atom is -0.467 e. The molecule has 15 rings (SSSR count). The fourth-order valence-corrected chi connectivity index (χ4v) is 19.4. The summed E-state index contributed by atoms with van der Waals surface area (Å²) in [4.78, 5) is 60.9. The molecular weight excluding hydrogens is 1780 g/mol. The van der Waals surface area contributed by atoms with E-state index in [1.54, 1.807) is 65.6 Å². The lowest BCUT2D eigenvalue weighted by Crippen LogP contribution is -2.65. The second-order valence-corrected chi connectivity index (χ2v) is 38.4. The molecule has 6 heterocycles. The van der Waals surface area contributed by atoms with Crippen molar-refractivity contribution in [2.45, 2.75) is 239 Å². The highest BCUT2D eigenvalue weighted by atomic mass is 16.8. The average Bonchev–Trinajstić information content (AvgIpc) is 0.762. The summed E-state index contributed by atoms with van der Waals surface area (Å²) in [5, 5.41) is 0. The highest BCUT2D eigenvalue weighted by molar-refractivity contribution is 5.90. The van der Waals surface area contributed by atoms with Crippen molar-refractivity contribution >= 4 is 24.0 Å². The van der Waals surface area contributed by atoms with Crippen molar-refractivity contribution in [3.63, 3.8) is 0 Å². The number of hydrogen-bond donors (Lipinski definition) is 0. The van der Waals surface area contributed by atoms with Gasteiger partial charge >= 0.3 is 24.0 Å². The van der Waals surface area contributed by atoms with Crippen LogP contribution >= 0.6 is 0 Å².